The van der Waals surface area contributed by atoms with E-state index in [0.29, 0.717) is 12.8 Å². The zero-order valence-electron chi connectivity index (χ0n) is 20.4. The van der Waals surface area contributed by atoms with Crippen LogP contribution in [0.15, 0.2) is 48.5 Å². The highest BCUT2D eigenvalue weighted by Gasteiger charge is 2.38. The fraction of sp³-hybridized carbons (Fsp3) is 0.464. The van der Waals surface area contributed by atoms with E-state index in [0.717, 1.165) is 41.5 Å². The summed E-state index contributed by atoms with van der Waals surface area (Å²) in [7, 11) is 0. The van der Waals surface area contributed by atoms with Crippen molar-refractivity contribution < 1.29 is 24.2 Å². The molecule has 2 aliphatic rings. The molecule has 186 valence electrons. The first-order valence-corrected chi connectivity index (χ1v) is 12.5. The topological polar surface area (TPSA) is 105 Å². The van der Waals surface area contributed by atoms with Gasteiger partial charge in [-0.25, -0.2) is 9.59 Å². The fourth-order valence-electron chi connectivity index (χ4n) is 5.24. The summed E-state index contributed by atoms with van der Waals surface area (Å²) in [6, 6.07) is 15.9. The summed E-state index contributed by atoms with van der Waals surface area (Å²) in [5.41, 5.74) is 3.27. The standard InChI is InChI=1S/C28H34N2O5/c1-3-28(2,26(32)33)30-25(31)22-15-5-4-6-16-24(22)29-27(34)35-17-23-20-13-9-7-11-18(20)19-12-8-10-14-21(19)23/h7-14,22-24H,3-6,15-17H2,1-2H3,(H,29,34)(H,30,31)(H,32,33)/t22-,24+,28?/m0/s1. The SMILES string of the molecule is CCC(C)(NC(=O)[C@H]1CCCCC[C@H]1NC(=O)OCC1c2ccccc2-c2ccccc21)C(=O)O. The molecular weight excluding hydrogens is 444 g/mol. The zero-order chi connectivity index (χ0) is 25.0. The quantitative estimate of drug-likeness (QED) is 0.494. The van der Waals surface area contributed by atoms with E-state index < -0.39 is 29.6 Å². The van der Waals surface area contributed by atoms with E-state index in [1.807, 2.05) is 24.3 Å². The Labute approximate surface area is 206 Å². The molecule has 7 heteroatoms. The van der Waals surface area contributed by atoms with Gasteiger partial charge >= 0.3 is 12.1 Å². The summed E-state index contributed by atoms with van der Waals surface area (Å²) in [5.74, 6) is -1.93. The highest BCUT2D eigenvalue weighted by atomic mass is 16.5. The number of nitrogens with one attached hydrogen (secondary N) is 2. The van der Waals surface area contributed by atoms with Crippen LogP contribution in [0.2, 0.25) is 0 Å². The number of alkyl carbamates (subject to hydrolysis) is 1. The molecule has 2 aromatic carbocycles. The van der Waals surface area contributed by atoms with Crippen LogP contribution >= 0.6 is 0 Å². The first-order chi connectivity index (χ1) is 16.8. The normalized spacial score (nSPS) is 21.1. The van der Waals surface area contributed by atoms with Gasteiger partial charge in [-0.15, -0.1) is 0 Å². The molecule has 2 amide bonds. The molecule has 2 aromatic rings. The Morgan fingerprint density at radius 2 is 1.57 bits per heavy atom. The molecule has 0 bridgehead atoms. The summed E-state index contributed by atoms with van der Waals surface area (Å²) in [5, 5.41) is 15.2. The van der Waals surface area contributed by atoms with Gasteiger partial charge in [0.05, 0.1) is 5.92 Å². The summed E-state index contributed by atoms with van der Waals surface area (Å²) in [4.78, 5) is 37.6. The average Bonchev–Trinajstić information content (AvgIpc) is 2.98. The molecule has 1 unspecified atom stereocenters. The second kappa shape index (κ2) is 10.5. The number of benzene rings is 2. The van der Waals surface area contributed by atoms with Crippen LogP contribution in [0.25, 0.3) is 11.1 Å². The lowest BCUT2D eigenvalue weighted by molar-refractivity contribution is -0.148. The van der Waals surface area contributed by atoms with Crippen LogP contribution in [-0.4, -0.2) is 41.3 Å². The Morgan fingerprint density at radius 1 is 0.971 bits per heavy atom. The lowest BCUT2D eigenvalue weighted by Crippen LogP contribution is -2.56. The lowest BCUT2D eigenvalue weighted by Gasteiger charge is -2.30. The van der Waals surface area contributed by atoms with Crippen molar-refractivity contribution >= 4 is 18.0 Å². The van der Waals surface area contributed by atoms with E-state index in [1.165, 1.54) is 6.92 Å². The number of hydrogen-bond donors (Lipinski definition) is 3. The van der Waals surface area contributed by atoms with E-state index in [2.05, 4.69) is 34.9 Å². The summed E-state index contributed by atoms with van der Waals surface area (Å²) in [6.45, 7) is 3.45. The van der Waals surface area contributed by atoms with E-state index in [9.17, 15) is 19.5 Å². The van der Waals surface area contributed by atoms with Gasteiger partial charge in [-0.3, -0.25) is 4.79 Å². The maximum absolute atomic E-state index is 13.1. The van der Waals surface area contributed by atoms with Crippen molar-refractivity contribution in [3.63, 3.8) is 0 Å². The molecule has 4 rings (SSSR count). The Hall–Kier alpha value is -3.35. The Bertz CT molecular complexity index is 1050. The molecule has 1 fully saturated rings. The van der Waals surface area contributed by atoms with E-state index >= 15 is 0 Å². The molecule has 0 radical (unpaired) electrons. The molecule has 0 aromatic heterocycles. The third-order valence-corrected chi connectivity index (χ3v) is 7.58. The Balaban J connectivity index is 1.43. The number of ether oxygens (including phenoxy) is 1. The maximum atomic E-state index is 13.1. The highest BCUT2D eigenvalue weighted by Crippen LogP contribution is 2.44. The summed E-state index contributed by atoms with van der Waals surface area (Å²) in [6.07, 6.45) is 3.69. The molecule has 7 nitrogen and oxygen atoms in total. The summed E-state index contributed by atoms with van der Waals surface area (Å²) < 4.78 is 5.70. The van der Waals surface area contributed by atoms with Gasteiger partial charge in [0.2, 0.25) is 5.91 Å². The molecule has 35 heavy (non-hydrogen) atoms. The number of carbonyl (C=O) groups is 3. The maximum Gasteiger partial charge on any atom is 0.407 e. The van der Waals surface area contributed by atoms with Crippen LogP contribution < -0.4 is 10.6 Å². The second-order valence-electron chi connectivity index (χ2n) is 9.80. The Morgan fingerprint density at radius 3 is 2.17 bits per heavy atom. The van der Waals surface area contributed by atoms with Crippen molar-refractivity contribution in [2.75, 3.05) is 6.61 Å². The molecule has 0 heterocycles. The first kappa shape index (κ1) is 24.8. The van der Waals surface area contributed by atoms with Crippen molar-refractivity contribution in [2.45, 2.75) is 69.9 Å². The number of carbonyl (C=O) groups excluding carboxylic acids is 2. The van der Waals surface area contributed by atoms with Gasteiger partial charge in [0.25, 0.3) is 0 Å². The van der Waals surface area contributed by atoms with Gasteiger partial charge in [0.1, 0.15) is 12.1 Å². The van der Waals surface area contributed by atoms with Crippen LogP contribution in [-0.2, 0) is 14.3 Å². The van der Waals surface area contributed by atoms with Gasteiger partial charge in [-0.1, -0.05) is 74.7 Å². The number of amides is 2. The van der Waals surface area contributed by atoms with Crippen molar-refractivity contribution in [3.05, 3.63) is 59.7 Å². The monoisotopic (exact) mass is 478 g/mol. The molecular formula is C28H34N2O5. The second-order valence-corrected chi connectivity index (χ2v) is 9.80. The van der Waals surface area contributed by atoms with Crippen LogP contribution in [0.5, 0.6) is 0 Å². The van der Waals surface area contributed by atoms with Crippen molar-refractivity contribution in [1.82, 2.24) is 10.6 Å². The zero-order valence-corrected chi connectivity index (χ0v) is 20.4. The van der Waals surface area contributed by atoms with Crippen molar-refractivity contribution in [3.8, 4) is 11.1 Å². The van der Waals surface area contributed by atoms with Gasteiger partial charge in [0.15, 0.2) is 0 Å². The van der Waals surface area contributed by atoms with Crippen molar-refractivity contribution in [2.24, 2.45) is 5.92 Å². The average molecular weight is 479 g/mol. The number of rotatable bonds is 7. The predicted molar refractivity (Wildman–Crippen MR) is 133 cm³/mol. The van der Waals surface area contributed by atoms with E-state index in [-0.39, 0.29) is 24.9 Å². The van der Waals surface area contributed by atoms with E-state index in [1.54, 1.807) is 6.92 Å². The minimum atomic E-state index is -1.34. The molecule has 3 atom stereocenters. The van der Waals surface area contributed by atoms with Gasteiger partial charge < -0.3 is 20.5 Å². The third-order valence-electron chi connectivity index (χ3n) is 7.58. The predicted octanol–water partition coefficient (Wildman–Crippen LogP) is 4.84. The molecule has 1 saturated carbocycles. The fourth-order valence-corrected chi connectivity index (χ4v) is 5.24. The van der Waals surface area contributed by atoms with Crippen LogP contribution in [0.1, 0.15) is 69.4 Å². The minimum Gasteiger partial charge on any atom is -0.480 e. The Kier molecular flexibility index (Phi) is 7.43. The van der Waals surface area contributed by atoms with Gasteiger partial charge in [0, 0.05) is 12.0 Å². The number of carboxylic acids is 1. The van der Waals surface area contributed by atoms with Gasteiger partial charge in [-0.05, 0) is 48.4 Å². The number of aliphatic carboxylic acids is 1. The molecule has 0 saturated heterocycles. The summed E-state index contributed by atoms with van der Waals surface area (Å²) >= 11 is 0. The first-order valence-electron chi connectivity index (χ1n) is 12.5. The van der Waals surface area contributed by atoms with Crippen LogP contribution in [0, 0.1) is 5.92 Å². The molecule has 3 N–H and O–H groups in total. The molecule has 2 aliphatic carbocycles. The number of carboxylic acid groups (broad SMARTS) is 1. The highest BCUT2D eigenvalue weighted by molar-refractivity contribution is 5.88. The smallest absolute Gasteiger partial charge is 0.407 e. The number of hydrogen-bond acceptors (Lipinski definition) is 4. The minimum absolute atomic E-state index is 0.0396. The molecule has 0 aliphatic heterocycles. The van der Waals surface area contributed by atoms with E-state index in [4.69, 9.17) is 4.74 Å². The lowest BCUT2D eigenvalue weighted by atomic mass is 9.91. The third kappa shape index (κ3) is 5.19. The van der Waals surface area contributed by atoms with Crippen molar-refractivity contribution in [1.29, 1.82) is 0 Å². The molecule has 0 spiro atoms. The largest absolute Gasteiger partial charge is 0.480 e. The van der Waals surface area contributed by atoms with Crippen LogP contribution in [0.4, 0.5) is 4.79 Å². The number of fused-ring (bicyclic) bond motifs is 3. The van der Waals surface area contributed by atoms with Crippen LogP contribution in [0.3, 0.4) is 0 Å². The van der Waals surface area contributed by atoms with Gasteiger partial charge in [-0.2, -0.15) is 0 Å².